The summed E-state index contributed by atoms with van der Waals surface area (Å²) in [6, 6.07) is 0. The van der Waals surface area contributed by atoms with E-state index in [4.69, 9.17) is 0 Å². The van der Waals surface area contributed by atoms with Crippen LogP contribution in [0.5, 0.6) is 0 Å². The van der Waals surface area contributed by atoms with Gasteiger partial charge in [0.05, 0.1) is 0 Å². The lowest BCUT2D eigenvalue weighted by atomic mass is 10.1. The van der Waals surface area contributed by atoms with Gasteiger partial charge in [-0.3, -0.25) is 0 Å². The van der Waals surface area contributed by atoms with Crippen molar-refractivity contribution in [2.45, 2.75) is 66.2 Å². The molecule has 0 atom stereocenters. The highest BCUT2D eigenvalue weighted by atomic mass is 14.2. The van der Waals surface area contributed by atoms with Crippen LogP contribution in [-0.4, -0.2) is 0 Å². The van der Waals surface area contributed by atoms with Gasteiger partial charge in [0.2, 0.25) is 0 Å². The largest absolute Gasteiger partial charge is 0.0651 e. The summed E-state index contributed by atoms with van der Waals surface area (Å²) in [6.45, 7) is 8.95. The first kappa shape index (κ1) is 12.0. The Morgan fingerprint density at radius 3 is 1.67 bits per heavy atom. The van der Waals surface area contributed by atoms with Gasteiger partial charge < -0.3 is 0 Å². The summed E-state index contributed by atoms with van der Waals surface area (Å²) in [5.74, 6) is 1.98. The zero-order valence-corrected chi connectivity index (χ0v) is 9.40. The van der Waals surface area contributed by atoms with Crippen LogP contribution in [0.15, 0.2) is 0 Å². The maximum absolute atomic E-state index is 2.30. The van der Waals surface area contributed by atoms with Crippen molar-refractivity contribution in [1.29, 1.82) is 0 Å². The third kappa shape index (κ3) is 6.69. The summed E-state index contributed by atoms with van der Waals surface area (Å²) in [7, 11) is 0. The number of hydrogen-bond acceptors (Lipinski definition) is 0. The fourth-order valence-corrected chi connectivity index (χ4v) is 1.42. The van der Waals surface area contributed by atoms with Crippen molar-refractivity contribution >= 4 is 0 Å². The van der Waals surface area contributed by atoms with E-state index in [0.717, 1.165) is 11.8 Å². The van der Waals surface area contributed by atoms with Gasteiger partial charge in [0.15, 0.2) is 0 Å². The van der Waals surface area contributed by atoms with Crippen LogP contribution in [0.1, 0.15) is 66.2 Å². The van der Waals surface area contributed by atoms with Gasteiger partial charge >= 0.3 is 0 Å². The van der Waals surface area contributed by atoms with Crippen molar-refractivity contribution in [3.63, 3.8) is 0 Å². The Hall–Kier alpha value is 0. The molecule has 0 heterocycles. The van der Waals surface area contributed by atoms with E-state index in [1.54, 1.807) is 0 Å². The van der Waals surface area contributed by atoms with E-state index in [9.17, 15) is 0 Å². The molecule has 0 aliphatic heterocycles. The van der Waals surface area contributed by atoms with Crippen molar-refractivity contribution < 1.29 is 0 Å². The summed E-state index contributed by atoms with van der Waals surface area (Å²) >= 11 is 0. The molecule has 0 spiro atoms. The van der Waals surface area contributed by atoms with Crippen molar-refractivity contribution in [3.05, 3.63) is 0 Å². The van der Waals surface area contributed by atoms with E-state index in [1.807, 2.05) is 0 Å². The molecular formula is C12H26. The minimum atomic E-state index is 0.884. The third-order valence-corrected chi connectivity index (χ3v) is 2.87. The molecule has 0 radical (unpaired) electrons. The lowest BCUT2D eigenvalue weighted by Crippen LogP contribution is -1.86. The average molecular weight is 170 g/mol. The monoisotopic (exact) mass is 170 g/mol. The summed E-state index contributed by atoms with van der Waals surface area (Å²) in [6.07, 6.45) is 8.74. The van der Waals surface area contributed by atoms with E-state index in [0.29, 0.717) is 0 Å². The lowest BCUT2D eigenvalue weighted by molar-refractivity contribution is 0.531. The Balaban J connectivity index is 0.000000217. The molecule has 1 saturated carbocycles. The molecule has 74 valence electrons. The normalized spacial score (nSPS) is 17.8. The van der Waals surface area contributed by atoms with Gasteiger partial charge in [0.25, 0.3) is 0 Å². The van der Waals surface area contributed by atoms with Crippen LogP contribution in [0.3, 0.4) is 0 Å². The fraction of sp³-hybridized carbons (Fsp3) is 1.00. The van der Waals surface area contributed by atoms with Gasteiger partial charge in [-0.2, -0.15) is 0 Å². The molecule has 12 heavy (non-hydrogen) atoms. The highest BCUT2D eigenvalue weighted by molar-refractivity contribution is 4.64. The molecule has 0 heteroatoms. The smallest absolute Gasteiger partial charge is 0.0417 e. The van der Waals surface area contributed by atoms with Gasteiger partial charge in [0, 0.05) is 0 Å². The first-order valence-corrected chi connectivity index (χ1v) is 5.70. The molecule has 0 unspecified atom stereocenters. The first-order chi connectivity index (χ1) is 5.70. The third-order valence-electron chi connectivity index (χ3n) is 2.87. The second-order valence-electron chi connectivity index (χ2n) is 4.36. The van der Waals surface area contributed by atoms with E-state index >= 15 is 0 Å². The van der Waals surface area contributed by atoms with Gasteiger partial charge in [-0.25, -0.2) is 0 Å². The molecule has 1 rings (SSSR count). The maximum atomic E-state index is 2.30. The van der Waals surface area contributed by atoms with Crippen LogP contribution < -0.4 is 0 Å². The number of hydrogen-bond donors (Lipinski definition) is 0. The topological polar surface area (TPSA) is 0 Å². The molecular weight excluding hydrogens is 144 g/mol. The molecule has 0 bridgehead atoms. The zero-order chi connectivity index (χ0) is 9.40. The van der Waals surface area contributed by atoms with Crippen LogP contribution in [0.25, 0.3) is 0 Å². The molecule has 0 aromatic heterocycles. The minimum absolute atomic E-state index is 0.884. The fourth-order valence-electron chi connectivity index (χ4n) is 1.42. The molecule has 0 amide bonds. The van der Waals surface area contributed by atoms with Gasteiger partial charge in [0.1, 0.15) is 0 Å². The first-order valence-electron chi connectivity index (χ1n) is 5.70. The standard InChI is InChI=1S/C7H14.C5H12/c1-2-7-5-3-4-6-7;1-4-5(2)3/h7H,2-6H2,1H3;5H,4H2,1-3H3. The SMILES string of the molecule is CCC(C)C.CCC1CCCC1. The molecule has 0 aromatic carbocycles. The molecule has 1 aliphatic rings. The van der Waals surface area contributed by atoms with E-state index in [1.165, 1.54) is 38.5 Å². The van der Waals surface area contributed by atoms with E-state index in [-0.39, 0.29) is 0 Å². The summed E-state index contributed by atoms with van der Waals surface area (Å²) < 4.78 is 0. The maximum Gasteiger partial charge on any atom is -0.0417 e. The van der Waals surface area contributed by atoms with Crippen LogP contribution in [-0.2, 0) is 0 Å². The Morgan fingerprint density at radius 2 is 1.50 bits per heavy atom. The van der Waals surface area contributed by atoms with Crippen LogP contribution in [0.2, 0.25) is 0 Å². The predicted molar refractivity (Wildman–Crippen MR) is 57.4 cm³/mol. The van der Waals surface area contributed by atoms with E-state index in [2.05, 4.69) is 27.7 Å². The van der Waals surface area contributed by atoms with Crippen molar-refractivity contribution in [1.82, 2.24) is 0 Å². The van der Waals surface area contributed by atoms with Gasteiger partial charge in [-0.05, 0) is 11.8 Å². The van der Waals surface area contributed by atoms with Crippen molar-refractivity contribution in [2.75, 3.05) is 0 Å². The Bertz CT molecular complexity index is 78.0. The minimum Gasteiger partial charge on any atom is -0.0651 e. The van der Waals surface area contributed by atoms with Crippen LogP contribution in [0, 0.1) is 11.8 Å². The second-order valence-corrected chi connectivity index (χ2v) is 4.36. The predicted octanol–water partition coefficient (Wildman–Crippen LogP) is 4.64. The molecule has 0 N–H and O–H groups in total. The number of rotatable bonds is 2. The van der Waals surface area contributed by atoms with E-state index < -0.39 is 0 Å². The quantitative estimate of drug-likeness (QED) is 0.566. The van der Waals surface area contributed by atoms with Crippen molar-refractivity contribution in [3.8, 4) is 0 Å². The van der Waals surface area contributed by atoms with Gasteiger partial charge in [-0.1, -0.05) is 66.2 Å². The van der Waals surface area contributed by atoms with Crippen molar-refractivity contribution in [2.24, 2.45) is 11.8 Å². The summed E-state index contributed by atoms with van der Waals surface area (Å²) in [5.41, 5.74) is 0. The molecule has 0 aromatic rings. The molecule has 1 aliphatic carbocycles. The average Bonchev–Trinajstić information content (AvgIpc) is 2.57. The molecule has 0 saturated heterocycles. The zero-order valence-electron chi connectivity index (χ0n) is 9.40. The van der Waals surface area contributed by atoms with Crippen LogP contribution in [0.4, 0.5) is 0 Å². The highest BCUT2D eigenvalue weighted by Crippen LogP contribution is 2.26. The second kappa shape index (κ2) is 7.64. The van der Waals surface area contributed by atoms with Gasteiger partial charge in [-0.15, -0.1) is 0 Å². The Kier molecular flexibility index (Phi) is 7.64. The Morgan fingerprint density at radius 1 is 1.08 bits per heavy atom. The highest BCUT2D eigenvalue weighted by Gasteiger charge is 2.11. The molecule has 1 fully saturated rings. The van der Waals surface area contributed by atoms with Crippen LogP contribution >= 0.6 is 0 Å². The summed E-state index contributed by atoms with van der Waals surface area (Å²) in [5, 5.41) is 0. The Labute approximate surface area is 78.8 Å². The lowest BCUT2D eigenvalue weighted by Gasteiger charge is -1.99. The summed E-state index contributed by atoms with van der Waals surface area (Å²) in [4.78, 5) is 0. The molecule has 0 nitrogen and oxygen atoms in total.